The Hall–Kier alpha value is -2.78. The zero-order chi connectivity index (χ0) is 20.1. The van der Waals surface area contributed by atoms with E-state index in [4.69, 9.17) is 4.42 Å². The topological polar surface area (TPSA) is 97.7 Å². The zero-order valence-electron chi connectivity index (χ0n) is 14.3. The molecule has 3 aromatic rings. The number of hydrogen-bond acceptors (Lipinski definition) is 5. The van der Waals surface area contributed by atoms with Crippen molar-refractivity contribution in [1.29, 1.82) is 0 Å². The van der Waals surface area contributed by atoms with Crippen molar-refractivity contribution in [3.05, 3.63) is 85.0 Å². The van der Waals surface area contributed by atoms with Gasteiger partial charge >= 0.3 is 0 Å². The van der Waals surface area contributed by atoms with Crippen molar-refractivity contribution in [2.45, 2.75) is 6.42 Å². The SMILES string of the molecule is O=C(Cc1ccc(Br)cc1)N/N=C\c1ccc(-c2ccc(Br)cc2[N+](=O)[O-])o1. The minimum atomic E-state index is -0.473. The minimum absolute atomic E-state index is 0.0741. The van der Waals surface area contributed by atoms with Crippen molar-refractivity contribution in [1.82, 2.24) is 5.43 Å². The number of nitrogens with one attached hydrogen (secondary N) is 1. The monoisotopic (exact) mass is 505 g/mol. The lowest BCUT2D eigenvalue weighted by Gasteiger charge is -2.01. The number of hydrazone groups is 1. The summed E-state index contributed by atoms with van der Waals surface area (Å²) in [6, 6.07) is 15.3. The normalized spacial score (nSPS) is 10.9. The highest BCUT2D eigenvalue weighted by molar-refractivity contribution is 9.10. The minimum Gasteiger partial charge on any atom is -0.455 e. The van der Waals surface area contributed by atoms with Crippen LogP contribution in [0.2, 0.25) is 0 Å². The van der Waals surface area contributed by atoms with E-state index in [0.29, 0.717) is 21.6 Å². The predicted molar refractivity (Wildman–Crippen MR) is 112 cm³/mol. The number of nitro groups is 1. The molecule has 1 heterocycles. The molecule has 0 bridgehead atoms. The van der Waals surface area contributed by atoms with Crippen molar-refractivity contribution in [2.75, 3.05) is 0 Å². The summed E-state index contributed by atoms with van der Waals surface area (Å²) < 4.78 is 7.13. The lowest BCUT2D eigenvalue weighted by Crippen LogP contribution is -2.19. The van der Waals surface area contributed by atoms with Gasteiger partial charge in [-0.1, -0.05) is 44.0 Å². The van der Waals surface area contributed by atoms with Crippen LogP contribution in [0, 0.1) is 10.1 Å². The number of carbonyl (C=O) groups is 1. The zero-order valence-corrected chi connectivity index (χ0v) is 17.4. The van der Waals surface area contributed by atoms with Crippen LogP contribution in [-0.4, -0.2) is 17.0 Å². The van der Waals surface area contributed by atoms with Gasteiger partial charge in [-0.05, 0) is 42.0 Å². The number of amides is 1. The molecule has 0 fully saturated rings. The van der Waals surface area contributed by atoms with Gasteiger partial charge in [-0.25, -0.2) is 5.43 Å². The molecule has 0 aliphatic rings. The molecular formula is C19H13Br2N3O4. The Labute approximate surface area is 176 Å². The van der Waals surface area contributed by atoms with Crippen molar-refractivity contribution < 1.29 is 14.1 Å². The fraction of sp³-hybridized carbons (Fsp3) is 0.0526. The van der Waals surface area contributed by atoms with Crippen LogP contribution in [0.25, 0.3) is 11.3 Å². The number of halogens is 2. The van der Waals surface area contributed by atoms with Crippen LogP contribution in [0.1, 0.15) is 11.3 Å². The van der Waals surface area contributed by atoms with Gasteiger partial charge in [-0.3, -0.25) is 14.9 Å². The van der Waals surface area contributed by atoms with Gasteiger partial charge in [-0.15, -0.1) is 0 Å². The van der Waals surface area contributed by atoms with Crippen LogP contribution in [0.5, 0.6) is 0 Å². The van der Waals surface area contributed by atoms with Crippen molar-refractivity contribution in [2.24, 2.45) is 5.10 Å². The fourth-order valence-electron chi connectivity index (χ4n) is 2.43. The first kappa shape index (κ1) is 20.0. The van der Waals surface area contributed by atoms with Gasteiger partial charge in [0.1, 0.15) is 11.5 Å². The molecule has 3 rings (SSSR count). The Morgan fingerprint density at radius 1 is 1.11 bits per heavy atom. The largest absolute Gasteiger partial charge is 0.455 e. The van der Waals surface area contributed by atoms with E-state index < -0.39 is 4.92 Å². The smallest absolute Gasteiger partial charge is 0.281 e. The molecule has 0 saturated carbocycles. The van der Waals surface area contributed by atoms with E-state index in [0.717, 1.165) is 10.0 Å². The van der Waals surface area contributed by atoms with Gasteiger partial charge in [0.05, 0.1) is 23.1 Å². The lowest BCUT2D eigenvalue weighted by atomic mass is 10.1. The summed E-state index contributed by atoms with van der Waals surface area (Å²) in [7, 11) is 0. The van der Waals surface area contributed by atoms with Gasteiger partial charge in [0, 0.05) is 15.0 Å². The van der Waals surface area contributed by atoms with Gasteiger partial charge < -0.3 is 4.42 Å². The number of furan rings is 1. The molecule has 0 saturated heterocycles. The molecule has 0 unspecified atom stereocenters. The lowest BCUT2D eigenvalue weighted by molar-refractivity contribution is -0.384. The molecule has 28 heavy (non-hydrogen) atoms. The van der Waals surface area contributed by atoms with E-state index >= 15 is 0 Å². The third-order valence-electron chi connectivity index (χ3n) is 3.71. The second kappa shape index (κ2) is 8.94. The number of hydrogen-bond donors (Lipinski definition) is 1. The highest BCUT2D eigenvalue weighted by Gasteiger charge is 2.18. The quantitative estimate of drug-likeness (QED) is 0.286. The molecule has 142 valence electrons. The number of benzene rings is 2. The summed E-state index contributed by atoms with van der Waals surface area (Å²) in [6.45, 7) is 0. The first-order valence-electron chi connectivity index (χ1n) is 8.03. The summed E-state index contributed by atoms with van der Waals surface area (Å²) in [5.74, 6) is 0.423. The molecular weight excluding hydrogens is 494 g/mol. The number of carbonyl (C=O) groups excluding carboxylic acids is 1. The molecule has 0 spiro atoms. The van der Waals surface area contributed by atoms with Gasteiger partial charge in [0.25, 0.3) is 5.69 Å². The molecule has 1 amide bonds. The summed E-state index contributed by atoms with van der Waals surface area (Å²) >= 11 is 6.56. The molecule has 0 atom stereocenters. The average Bonchev–Trinajstić information content (AvgIpc) is 3.12. The van der Waals surface area contributed by atoms with E-state index in [2.05, 4.69) is 42.4 Å². The molecule has 2 aromatic carbocycles. The number of nitro benzene ring substituents is 1. The van der Waals surface area contributed by atoms with E-state index in [-0.39, 0.29) is 18.0 Å². The van der Waals surface area contributed by atoms with E-state index in [9.17, 15) is 14.9 Å². The van der Waals surface area contributed by atoms with Crippen LogP contribution in [0.3, 0.4) is 0 Å². The molecule has 1 N–H and O–H groups in total. The fourth-order valence-corrected chi connectivity index (χ4v) is 3.04. The first-order chi connectivity index (χ1) is 13.4. The summed E-state index contributed by atoms with van der Waals surface area (Å²) in [6.07, 6.45) is 1.53. The van der Waals surface area contributed by atoms with Crippen LogP contribution in [-0.2, 0) is 11.2 Å². The molecule has 0 aliphatic carbocycles. The van der Waals surface area contributed by atoms with Crippen LogP contribution < -0.4 is 5.43 Å². The second-order valence-corrected chi connectivity index (χ2v) is 7.55. The van der Waals surface area contributed by atoms with E-state index in [1.54, 1.807) is 24.3 Å². The summed E-state index contributed by atoms with van der Waals surface area (Å²) in [5, 5.41) is 15.1. The third kappa shape index (κ3) is 5.14. The highest BCUT2D eigenvalue weighted by Crippen LogP contribution is 2.33. The van der Waals surface area contributed by atoms with Gasteiger partial charge in [0.2, 0.25) is 5.91 Å². The molecule has 1 aromatic heterocycles. The van der Waals surface area contributed by atoms with Gasteiger partial charge in [0.15, 0.2) is 0 Å². The summed E-state index contributed by atoms with van der Waals surface area (Å²) in [4.78, 5) is 22.7. The number of nitrogens with zero attached hydrogens (tertiary/aromatic N) is 2. The Bertz CT molecular complexity index is 1050. The molecule has 9 heteroatoms. The predicted octanol–water partition coefficient (Wildman–Crippen LogP) is 5.07. The maximum absolute atomic E-state index is 11.9. The van der Waals surface area contributed by atoms with Crippen LogP contribution in [0.4, 0.5) is 5.69 Å². The summed E-state index contributed by atoms with van der Waals surface area (Å²) in [5.41, 5.74) is 3.56. The Morgan fingerprint density at radius 2 is 1.82 bits per heavy atom. The Kier molecular flexibility index (Phi) is 6.37. The first-order valence-corrected chi connectivity index (χ1v) is 9.61. The standard InChI is InChI=1S/C19H13Br2N3O4/c20-13-3-1-12(2-4-13)9-19(25)23-22-11-15-6-8-18(28-15)16-7-5-14(21)10-17(16)24(26)27/h1-8,10-11H,9H2,(H,23,25)/b22-11-. The Morgan fingerprint density at radius 3 is 2.54 bits per heavy atom. The highest BCUT2D eigenvalue weighted by atomic mass is 79.9. The maximum atomic E-state index is 11.9. The Balaban J connectivity index is 1.65. The average molecular weight is 507 g/mol. The maximum Gasteiger partial charge on any atom is 0.281 e. The van der Waals surface area contributed by atoms with Crippen molar-refractivity contribution >= 4 is 49.7 Å². The molecule has 7 nitrogen and oxygen atoms in total. The van der Waals surface area contributed by atoms with Crippen LogP contribution >= 0.6 is 31.9 Å². The van der Waals surface area contributed by atoms with Crippen molar-refractivity contribution in [3.8, 4) is 11.3 Å². The van der Waals surface area contributed by atoms with Crippen LogP contribution in [0.15, 0.2) is 73.1 Å². The second-order valence-electron chi connectivity index (χ2n) is 5.72. The number of rotatable bonds is 6. The van der Waals surface area contributed by atoms with Gasteiger partial charge in [-0.2, -0.15) is 5.10 Å². The van der Waals surface area contributed by atoms with E-state index in [1.165, 1.54) is 12.3 Å². The van der Waals surface area contributed by atoms with Crippen molar-refractivity contribution in [3.63, 3.8) is 0 Å². The molecule has 0 aliphatic heterocycles. The molecule has 0 radical (unpaired) electrons. The van der Waals surface area contributed by atoms with E-state index in [1.807, 2.05) is 24.3 Å². The third-order valence-corrected chi connectivity index (χ3v) is 4.73.